The van der Waals surface area contributed by atoms with E-state index >= 15 is 4.39 Å². The highest BCUT2D eigenvalue weighted by Gasteiger charge is 2.55. The zero-order chi connectivity index (χ0) is 28.1. The lowest BCUT2D eigenvalue weighted by Crippen LogP contribution is -2.47. The van der Waals surface area contributed by atoms with E-state index < -0.39 is 0 Å². The summed E-state index contributed by atoms with van der Waals surface area (Å²) in [5.41, 5.74) is 7.14. The van der Waals surface area contributed by atoms with Gasteiger partial charge in [0.1, 0.15) is 23.9 Å². The number of benzene rings is 3. The van der Waals surface area contributed by atoms with Gasteiger partial charge in [0.25, 0.3) is 0 Å². The van der Waals surface area contributed by atoms with E-state index in [1.807, 2.05) is 18.2 Å². The quantitative estimate of drug-likeness (QED) is 0.285. The van der Waals surface area contributed by atoms with Crippen LogP contribution in [-0.4, -0.2) is 20.2 Å². The maximum absolute atomic E-state index is 15.1. The van der Waals surface area contributed by atoms with Gasteiger partial charge in [-0.05, 0) is 114 Å². The molecule has 3 aromatic carbocycles. The fraction of sp³-hybridized carbons (Fsp3) is 0.400. The normalized spacial score (nSPS) is 22.4. The second-order valence-corrected chi connectivity index (χ2v) is 12.1. The Labute approximate surface area is 236 Å². The highest BCUT2D eigenvalue weighted by Crippen LogP contribution is 2.57. The van der Waals surface area contributed by atoms with Crippen molar-refractivity contribution in [3.05, 3.63) is 88.7 Å². The Kier molecular flexibility index (Phi) is 6.72. The van der Waals surface area contributed by atoms with Gasteiger partial charge in [-0.25, -0.2) is 4.39 Å². The van der Waals surface area contributed by atoms with Crippen LogP contribution in [0.1, 0.15) is 68.2 Å². The number of rotatable bonds is 7. The van der Waals surface area contributed by atoms with Crippen molar-refractivity contribution in [2.75, 3.05) is 14.2 Å². The monoisotopic (exact) mass is 540 g/mol. The molecule has 4 nitrogen and oxygen atoms in total. The maximum Gasteiger partial charge on any atom is 0.309 e. The number of carbonyl (C=O) groups excluding carboxylic acids is 1. The van der Waals surface area contributed by atoms with Gasteiger partial charge < -0.3 is 14.2 Å². The van der Waals surface area contributed by atoms with Crippen molar-refractivity contribution in [3.8, 4) is 22.6 Å². The summed E-state index contributed by atoms with van der Waals surface area (Å²) in [5, 5.41) is 0. The van der Waals surface area contributed by atoms with Crippen LogP contribution in [-0.2, 0) is 28.0 Å². The van der Waals surface area contributed by atoms with Crippen LogP contribution in [0.3, 0.4) is 0 Å². The lowest BCUT2D eigenvalue weighted by Gasteiger charge is -2.46. The van der Waals surface area contributed by atoms with Gasteiger partial charge in [-0.3, -0.25) is 4.79 Å². The van der Waals surface area contributed by atoms with Gasteiger partial charge in [-0.1, -0.05) is 38.1 Å². The van der Waals surface area contributed by atoms with Gasteiger partial charge in [0.15, 0.2) is 0 Å². The Bertz CT molecular complexity index is 1500. The molecule has 3 aliphatic carbocycles. The Balaban J connectivity index is 1.31. The van der Waals surface area contributed by atoms with Gasteiger partial charge in [0, 0.05) is 11.0 Å². The fourth-order valence-electron chi connectivity index (χ4n) is 7.17. The lowest BCUT2D eigenvalue weighted by atomic mass is 9.57. The van der Waals surface area contributed by atoms with Crippen LogP contribution in [0.15, 0.2) is 60.7 Å². The predicted octanol–water partition coefficient (Wildman–Crippen LogP) is 8.05. The van der Waals surface area contributed by atoms with Gasteiger partial charge in [0.2, 0.25) is 0 Å². The second-order valence-electron chi connectivity index (χ2n) is 12.1. The summed E-state index contributed by atoms with van der Waals surface area (Å²) >= 11 is 0. The van der Waals surface area contributed by atoms with Crippen molar-refractivity contribution in [1.82, 2.24) is 0 Å². The third-order valence-electron chi connectivity index (χ3n) is 9.58. The number of halogens is 1. The number of carbonyl (C=O) groups is 1. The molecule has 0 aliphatic heterocycles. The van der Waals surface area contributed by atoms with Gasteiger partial charge in [-0.15, -0.1) is 0 Å². The molecule has 2 atom stereocenters. The molecule has 3 aliphatic rings. The number of hydrogen-bond donors (Lipinski definition) is 0. The summed E-state index contributed by atoms with van der Waals surface area (Å²) in [6, 6.07) is 17.4. The third kappa shape index (κ3) is 4.40. The van der Waals surface area contributed by atoms with Crippen LogP contribution < -0.4 is 9.47 Å². The first-order valence-corrected chi connectivity index (χ1v) is 14.3. The molecule has 0 amide bonds. The molecule has 0 aromatic heterocycles. The number of allylic oxidation sites excluding steroid dienone is 2. The van der Waals surface area contributed by atoms with Crippen molar-refractivity contribution in [3.63, 3.8) is 0 Å². The SMILES string of the molecule is COC(=O)[C@@H]1CC[C@@]12CCc1ccc(OCc3ccc(-c4cc(OC)ccc4F)c(C4=CCCC4(C)C)c3)cc12. The van der Waals surface area contributed by atoms with E-state index in [1.54, 1.807) is 19.2 Å². The Morgan fingerprint density at radius 1 is 0.925 bits per heavy atom. The summed E-state index contributed by atoms with van der Waals surface area (Å²) in [7, 11) is 3.08. The van der Waals surface area contributed by atoms with E-state index in [0.29, 0.717) is 17.9 Å². The molecule has 0 bridgehead atoms. The molecule has 1 fully saturated rings. The van der Waals surface area contributed by atoms with Crippen molar-refractivity contribution in [2.24, 2.45) is 11.3 Å². The van der Waals surface area contributed by atoms with E-state index in [2.05, 4.69) is 38.1 Å². The summed E-state index contributed by atoms with van der Waals surface area (Å²) in [6.45, 7) is 4.90. The molecule has 1 spiro atoms. The number of ether oxygens (including phenoxy) is 3. The van der Waals surface area contributed by atoms with E-state index in [1.165, 1.54) is 29.9 Å². The molecular weight excluding hydrogens is 503 g/mol. The third-order valence-corrected chi connectivity index (χ3v) is 9.58. The number of aryl methyl sites for hydroxylation is 1. The van der Waals surface area contributed by atoms with E-state index in [-0.39, 0.29) is 28.5 Å². The summed E-state index contributed by atoms with van der Waals surface area (Å²) in [4.78, 5) is 12.4. The van der Waals surface area contributed by atoms with Crippen LogP contribution in [0.5, 0.6) is 11.5 Å². The largest absolute Gasteiger partial charge is 0.497 e. The number of methoxy groups -OCH3 is 2. The first kappa shape index (κ1) is 26.6. The highest BCUT2D eigenvalue weighted by molar-refractivity contribution is 5.85. The first-order valence-electron chi connectivity index (χ1n) is 14.3. The average Bonchev–Trinajstić information content (AvgIpc) is 3.51. The van der Waals surface area contributed by atoms with Gasteiger partial charge in [-0.2, -0.15) is 0 Å². The standard InChI is InChI=1S/C35H37FO4/c1-34(2)15-5-6-29(34)27-18-22(7-11-26(27)28-19-24(38-3)10-12-32(28)36)21-40-25-9-8-23-13-16-35(31(23)20-25)17-14-30(35)33(37)39-4/h6-12,18-20,30H,5,13-17,21H2,1-4H3/t30-,35-/m0/s1. The predicted molar refractivity (Wildman–Crippen MR) is 155 cm³/mol. The Morgan fingerprint density at radius 3 is 2.45 bits per heavy atom. The molecule has 0 N–H and O–H groups in total. The molecule has 0 unspecified atom stereocenters. The molecule has 208 valence electrons. The van der Waals surface area contributed by atoms with Crippen molar-refractivity contribution >= 4 is 11.5 Å². The minimum Gasteiger partial charge on any atom is -0.497 e. The van der Waals surface area contributed by atoms with E-state index in [4.69, 9.17) is 14.2 Å². The zero-order valence-corrected chi connectivity index (χ0v) is 23.8. The minimum absolute atomic E-state index is 0.00315. The number of fused-ring (bicyclic) bond motifs is 2. The van der Waals surface area contributed by atoms with Crippen molar-refractivity contribution in [1.29, 1.82) is 0 Å². The smallest absolute Gasteiger partial charge is 0.309 e. The minimum atomic E-state index is -0.268. The molecule has 40 heavy (non-hydrogen) atoms. The molecule has 6 rings (SSSR count). The molecule has 0 radical (unpaired) electrons. The molecule has 5 heteroatoms. The topological polar surface area (TPSA) is 44.8 Å². The summed E-state index contributed by atoms with van der Waals surface area (Å²) < 4.78 is 32.0. The van der Waals surface area contributed by atoms with Gasteiger partial charge in [0.05, 0.1) is 20.1 Å². The van der Waals surface area contributed by atoms with Crippen LogP contribution in [0.2, 0.25) is 0 Å². The Hall–Kier alpha value is -3.60. The molecule has 0 heterocycles. The molecule has 3 aromatic rings. The van der Waals surface area contributed by atoms with E-state index in [0.717, 1.165) is 61.0 Å². The summed E-state index contributed by atoms with van der Waals surface area (Å²) in [6.07, 6.45) is 8.23. The van der Waals surface area contributed by atoms with Gasteiger partial charge >= 0.3 is 5.97 Å². The van der Waals surface area contributed by atoms with E-state index in [9.17, 15) is 4.79 Å². The maximum atomic E-state index is 15.1. The van der Waals surface area contributed by atoms with Crippen molar-refractivity contribution < 1.29 is 23.4 Å². The number of esters is 1. The van der Waals surface area contributed by atoms with Crippen molar-refractivity contribution in [2.45, 2.75) is 64.4 Å². The van der Waals surface area contributed by atoms with Crippen LogP contribution in [0.25, 0.3) is 16.7 Å². The van der Waals surface area contributed by atoms with Crippen LogP contribution in [0, 0.1) is 17.2 Å². The van der Waals surface area contributed by atoms with Crippen LogP contribution >= 0.6 is 0 Å². The summed E-state index contributed by atoms with van der Waals surface area (Å²) in [5.74, 6) is 1.000. The second kappa shape index (κ2) is 10.1. The molecular formula is C35H37FO4. The molecule has 1 saturated carbocycles. The average molecular weight is 541 g/mol. The number of hydrogen-bond acceptors (Lipinski definition) is 4. The highest BCUT2D eigenvalue weighted by atomic mass is 19.1. The lowest BCUT2D eigenvalue weighted by molar-refractivity contribution is -0.153. The fourth-order valence-corrected chi connectivity index (χ4v) is 7.17. The van der Waals surface area contributed by atoms with Crippen LogP contribution in [0.4, 0.5) is 4.39 Å². The first-order chi connectivity index (χ1) is 19.3. The Morgan fingerprint density at radius 2 is 1.75 bits per heavy atom. The molecule has 0 saturated heterocycles. The zero-order valence-electron chi connectivity index (χ0n) is 23.8.